The molecule has 106 valence electrons. The van der Waals surface area contributed by atoms with E-state index in [1.54, 1.807) is 0 Å². The Balaban J connectivity index is 2.36. The van der Waals surface area contributed by atoms with Gasteiger partial charge in [0.2, 0.25) is 0 Å². The second-order valence-corrected chi connectivity index (χ2v) is 3.99. The molecule has 3 N–H and O–H groups in total. The van der Waals surface area contributed by atoms with Gasteiger partial charge in [-0.1, -0.05) is 6.92 Å². The van der Waals surface area contributed by atoms with E-state index >= 15 is 0 Å². The number of hydrogen-bond donors (Lipinski definition) is 3. The fourth-order valence-electron chi connectivity index (χ4n) is 1.78. The standard InChI is InChI=1S/C11H13N5O4/c1-2-8-6(3-12-11-13-5-14-16(8)11)9(18)15-7(4-17)10(19)20/h3,5,7,17H,2,4H2,1H3,(H,15,18)(H,19,20)/t7-/m1/s1. The van der Waals surface area contributed by atoms with Crippen molar-refractivity contribution in [3.05, 3.63) is 23.8 Å². The summed E-state index contributed by atoms with van der Waals surface area (Å²) in [5.74, 6) is -1.59. The molecule has 0 saturated carbocycles. The molecule has 0 aliphatic rings. The highest BCUT2D eigenvalue weighted by atomic mass is 16.4. The van der Waals surface area contributed by atoms with Crippen LogP contribution in [0.2, 0.25) is 0 Å². The first-order chi connectivity index (χ1) is 9.58. The number of amides is 1. The summed E-state index contributed by atoms with van der Waals surface area (Å²) in [6, 6.07) is -1.36. The molecule has 0 unspecified atom stereocenters. The van der Waals surface area contributed by atoms with Crippen LogP contribution in [0.5, 0.6) is 0 Å². The van der Waals surface area contributed by atoms with E-state index in [0.717, 1.165) is 0 Å². The van der Waals surface area contributed by atoms with Crippen LogP contribution >= 0.6 is 0 Å². The number of aryl methyl sites for hydroxylation is 1. The average Bonchev–Trinajstić information content (AvgIpc) is 2.91. The lowest BCUT2D eigenvalue weighted by Gasteiger charge is -2.13. The van der Waals surface area contributed by atoms with Crippen LogP contribution in [0.4, 0.5) is 0 Å². The van der Waals surface area contributed by atoms with Crippen molar-refractivity contribution in [3.8, 4) is 0 Å². The Bertz CT molecular complexity index is 653. The van der Waals surface area contributed by atoms with Gasteiger partial charge in [0.25, 0.3) is 11.7 Å². The lowest BCUT2D eigenvalue weighted by molar-refractivity contribution is -0.140. The zero-order chi connectivity index (χ0) is 14.7. The molecule has 2 aromatic heterocycles. The van der Waals surface area contributed by atoms with E-state index in [4.69, 9.17) is 10.2 Å². The van der Waals surface area contributed by atoms with Gasteiger partial charge in [-0.2, -0.15) is 10.1 Å². The minimum Gasteiger partial charge on any atom is -0.480 e. The van der Waals surface area contributed by atoms with Gasteiger partial charge in [-0.05, 0) is 6.42 Å². The molecule has 20 heavy (non-hydrogen) atoms. The van der Waals surface area contributed by atoms with Gasteiger partial charge in [0, 0.05) is 6.20 Å². The van der Waals surface area contributed by atoms with Crippen LogP contribution in [0.1, 0.15) is 23.0 Å². The number of nitrogens with zero attached hydrogens (tertiary/aromatic N) is 4. The van der Waals surface area contributed by atoms with E-state index in [1.807, 2.05) is 6.92 Å². The van der Waals surface area contributed by atoms with Crippen molar-refractivity contribution in [2.24, 2.45) is 0 Å². The second-order valence-electron chi connectivity index (χ2n) is 3.99. The number of fused-ring (bicyclic) bond motifs is 1. The van der Waals surface area contributed by atoms with E-state index in [2.05, 4.69) is 20.4 Å². The molecule has 1 atom stereocenters. The van der Waals surface area contributed by atoms with Crippen molar-refractivity contribution in [1.29, 1.82) is 0 Å². The zero-order valence-corrected chi connectivity index (χ0v) is 10.6. The van der Waals surface area contributed by atoms with Gasteiger partial charge in [-0.3, -0.25) is 4.79 Å². The van der Waals surface area contributed by atoms with Gasteiger partial charge in [0.05, 0.1) is 17.9 Å². The summed E-state index contributed by atoms with van der Waals surface area (Å²) in [4.78, 5) is 30.8. The van der Waals surface area contributed by atoms with Crippen molar-refractivity contribution >= 4 is 17.7 Å². The molecule has 0 saturated heterocycles. The number of carbonyl (C=O) groups excluding carboxylic acids is 1. The highest BCUT2D eigenvalue weighted by molar-refractivity contribution is 5.97. The van der Waals surface area contributed by atoms with E-state index in [9.17, 15) is 9.59 Å². The van der Waals surface area contributed by atoms with E-state index in [-0.39, 0.29) is 5.56 Å². The number of nitrogens with one attached hydrogen (secondary N) is 1. The lowest BCUT2D eigenvalue weighted by Crippen LogP contribution is -2.43. The normalized spacial score (nSPS) is 12.3. The Kier molecular flexibility index (Phi) is 3.89. The Morgan fingerprint density at radius 1 is 1.45 bits per heavy atom. The summed E-state index contributed by atoms with van der Waals surface area (Å²) in [5.41, 5.74) is 0.761. The monoisotopic (exact) mass is 279 g/mol. The minimum atomic E-state index is -1.36. The van der Waals surface area contributed by atoms with Crippen LogP contribution in [-0.2, 0) is 11.2 Å². The second kappa shape index (κ2) is 5.61. The molecule has 9 nitrogen and oxygen atoms in total. The van der Waals surface area contributed by atoms with E-state index < -0.39 is 24.5 Å². The molecular weight excluding hydrogens is 266 g/mol. The first kappa shape index (κ1) is 13.9. The number of hydrogen-bond acceptors (Lipinski definition) is 6. The fourth-order valence-corrected chi connectivity index (χ4v) is 1.78. The maximum atomic E-state index is 12.1. The molecule has 0 spiro atoms. The van der Waals surface area contributed by atoms with Gasteiger partial charge in [0.1, 0.15) is 6.33 Å². The van der Waals surface area contributed by atoms with Crippen LogP contribution < -0.4 is 5.32 Å². The summed E-state index contributed by atoms with van der Waals surface area (Å²) in [7, 11) is 0. The molecule has 2 rings (SSSR count). The molecule has 0 radical (unpaired) electrons. The summed E-state index contributed by atoms with van der Waals surface area (Å²) < 4.78 is 1.42. The van der Waals surface area contributed by atoms with Gasteiger partial charge in [0.15, 0.2) is 6.04 Å². The maximum absolute atomic E-state index is 12.1. The number of carboxylic acid groups (broad SMARTS) is 1. The minimum absolute atomic E-state index is 0.199. The summed E-state index contributed by atoms with van der Waals surface area (Å²) in [5, 5.41) is 23.9. The molecule has 0 fully saturated rings. The Morgan fingerprint density at radius 3 is 2.80 bits per heavy atom. The molecular formula is C11H13N5O4. The van der Waals surface area contributed by atoms with Crippen molar-refractivity contribution in [2.45, 2.75) is 19.4 Å². The third-order valence-electron chi connectivity index (χ3n) is 2.77. The summed E-state index contributed by atoms with van der Waals surface area (Å²) in [6.45, 7) is 1.13. The zero-order valence-electron chi connectivity index (χ0n) is 10.6. The lowest BCUT2D eigenvalue weighted by atomic mass is 10.1. The fraction of sp³-hybridized carbons (Fsp3) is 0.364. The number of aliphatic hydroxyl groups excluding tert-OH is 1. The van der Waals surface area contributed by atoms with Crippen LogP contribution in [-0.4, -0.2) is 54.3 Å². The first-order valence-corrected chi connectivity index (χ1v) is 5.90. The Hall–Kier alpha value is -2.55. The van der Waals surface area contributed by atoms with Crippen LogP contribution in [0, 0.1) is 0 Å². The topological polar surface area (TPSA) is 130 Å². The predicted molar refractivity (Wildman–Crippen MR) is 66.1 cm³/mol. The highest BCUT2D eigenvalue weighted by Crippen LogP contribution is 2.10. The Labute approximate surface area is 113 Å². The first-order valence-electron chi connectivity index (χ1n) is 5.90. The summed E-state index contributed by atoms with van der Waals surface area (Å²) in [6.07, 6.45) is 3.12. The SMILES string of the molecule is CCc1c(C(=O)N[C@H](CO)C(=O)O)cnc2ncnn12. The number of carbonyl (C=O) groups is 2. The van der Waals surface area contributed by atoms with Crippen LogP contribution in [0.3, 0.4) is 0 Å². The quantitative estimate of drug-likeness (QED) is 0.630. The van der Waals surface area contributed by atoms with Crippen molar-refractivity contribution < 1.29 is 19.8 Å². The van der Waals surface area contributed by atoms with Crippen molar-refractivity contribution in [1.82, 2.24) is 24.9 Å². The van der Waals surface area contributed by atoms with Gasteiger partial charge >= 0.3 is 5.97 Å². The molecule has 0 aromatic carbocycles. The number of aliphatic hydroxyl groups is 1. The summed E-state index contributed by atoms with van der Waals surface area (Å²) >= 11 is 0. The van der Waals surface area contributed by atoms with Gasteiger partial charge < -0.3 is 15.5 Å². The molecule has 2 heterocycles. The molecule has 0 bridgehead atoms. The Morgan fingerprint density at radius 2 is 2.20 bits per heavy atom. The van der Waals surface area contributed by atoms with Crippen LogP contribution in [0.15, 0.2) is 12.5 Å². The predicted octanol–water partition coefficient (Wildman–Crippen LogP) is -1.14. The van der Waals surface area contributed by atoms with Crippen LogP contribution in [0.25, 0.3) is 5.78 Å². The largest absolute Gasteiger partial charge is 0.480 e. The molecule has 9 heteroatoms. The molecule has 2 aromatic rings. The smallest absolute Gasteiger partial charge is 0.328 e. The maximum Gasteiger partial charge on any atom is 0.328 e. The average molecular weight is 279 g/mol. The van der Waals surface area contributed by atoms with Gasteiger partial charge in [-0.25, -0.2) is 14.3 Å². The van der Waals surface area contributed by atoms with E-state index in [0.29, 0.717) is 17.9 Å². The number of carboxylic acids is 1. The van der Waals surface area contributed by atoms with Crippen molar-refractivity contribution in [2.75, 3.05) is 6.61 Å². The third-order valence-corrected chi connectivity index (χ3v) is 2.77. The number of aliphatic carboxylic acids is 1. The molecule has 1 amide bonds. The number of rotatable bonds is 5. The number of aromatic nitrogens is 4. The highest BCUT2D eigenvalue weighted by Gasteiger charge is 2.22. The van der Waals surface area contributed by atoms with E-state index in [1.165, 1.54) is 17.0 Å². The molecule has 0 aliphatic heterocycles. The van der Waals surface area contributed by atoms with Gasteiger partial charge in [-0.15, -0.1) is 0 Å². The third kappa shape index (κ3) is 2.43. The van der Waals surface area contributed by atoms with Crippen molar-refractivity contribution in [3.63, 3.8) is 0 Å². The molecule has 0 aliphatic carbocycles.